The third-order valence-corrected chi connectivity index (χ3v) is 5.22. The van der Waals surface area contributed by atoms with Gasteiger partial charge in [-0.1, -0.05) is 0 Å². The summed E-state index contributed by atoms with van der Waals surface area (Å²) in [5.41, 5.74) is 6.46. The monoisotopic (exact) mass is 386 g/mol. The van der Waals surface area contributed by atoms with E-state index in [2.05, 4.69) is 15.3 Å². The second-order valence-corrected chi connectivity index (χ2v) is 7.23. The Kier molecular flexibility index (Phi) is 4.95. The molecule has 3 aromatic rings. The van der Waals surface area contributed by atoms with Crippen LogP contribution in [0.5, 0.6) is 0 Å². The molecule has 3 rings (SSSR count). The van der Waals surface area contributed by atoms with Crippen LogP contribution in [-0.2, 0) is 4.74 Å². The number of urea groups is 1. The number of anilines is 1. The maximum atomic E-state index is 12.3. The average molecular weight is 386 g/mol. The Morgan fingerprint density at radius 1 is 1.26 bits per heavy atom. The summed E-state index contributed by atoms with van der Waals surface area (Å²) in [6, 6.07) is 5.39. The van der Waals surface area contributed by atoms with Gasteiger partial charge in [-0.2, -0.15) is 0 Å². The number of carbonyl (C=O) groups is 2. The van der Waals surface area contributed by atoms with Crippen LogP contribution in [0.15, 0.2) is 29.1 Å². The number of amides is 2. The predicted molar refractivity (Wildman–Crippen MR) is 103 cm³/mol. The number of H-pyrrole nitrogens is 1. The van der Waals surface area contributed by atoms with E-state index in [-0.39, 0.29) is 11.4 Å². The van der Waals surface area contributed by atoms with Crippen LogP contribution in [0.1, 0.15) is 39.7 Å². The first-order chi connectivity index (χ1) is 12.8. The molecule has 0 aliphatic heterocycles. The highest BCUT2D eigenvalue weighted by atomic mass is 32.1. The van der Waals surface area contributed by atoms with E-state index in [4.69, 9.17) is 10.5 Å². The molecule has 1 aromatic carbocycles. The molecule has 0 bridgehead atoms. The number of hydrogen-bond donors (Lipinski definition) is 3. The second kappa shape index (κ2) is 7.20. The number of aromatic nitrogens is 2. The first-order valence-electron chi connectivity index (χ1n) is 8.13. The average Bonchev–Trinajstić information content (AvgIpc) is 2.89. The quantitative estimate of drug-likeness (QED) is 0.594. The van der Waals surface area contributed by atoms with Crippen LogP contribution in [0.2, 0.25) is 0 Å². The van der Waals surface area contributed by atoms with Crippen molar-refractivity contribution in [2.24, 2.45) is 5.73 Å². The van der Waals surface area contributed by atoms with Gasteiger partial charge in [0.2, 0.25) is 0 Å². The van der Waals surface area contributed by atoms with Crippen LogP contribution in [0.3, 0.4) is 0 Å². The first kappa shape index (κ1) is 18.6. The molecule has 140 valence electrons. The number of rotatable bonds is 4. The van der Waals surface area contributed by atoms with Gasteiger partial charge in [-0.05, 0) is 50.6 Å². The lowest BCUT2D eigenvalue weighted by Crippen LogP contribution is -2.19. The molecule has 0 saturated heterocycles. The largest absolute Gasteiger partial charge is 0.451 e. The minimum atomic E-state index is -0.735. The Morgan fingerprint density at radius 3 is 2.56 bits per heavy atom. The van der Waals surface area contributed by atoms with Crippen molar-refractivity contribution in [1.29, 1.82) is 0 Å². The van der Waals surface area contributed by atoms with Gasteiger partial charge in [-0.3, -0.25) is 4.79 Å². The van der Waals surface area contributed by atoms with Gasteiger partial charge in [0.05, 0.1) is 10.9 Å². The molecule has 0 radical (unpaired) electrons. The Hall–Kier alpha value is -3.20. The highest BCUT2D eigenvalue weighted by molar-refractivity contribution is 7.18. The maximum absolute atomic E-state index is 12.3. The fourth-order valence-electron chi connectivity index (χ4n) is 2.58. The van der Waals surface area contributed by atoms with Gasteiger partial charge in [0, 0.05) is 10.6 Å². The topological polar surface area (TPSA) is 127 Å². The first-order valence-corrected chi connectivity index (χ1v) is 8.95. The standard InChI is InChI=1S/C18H18N4O4S/c1-8-10(3)27-16-13(8)15(23)21-14(22-16)9(2)26-17(24)11-4-6-12(7-5-11)20-18(19)25/h4-7,9H,1-3H3,(H3,19,20,25)(H,21,22,23)/t9-/m1/s1. The van der Waals surface area contributed by atoms with Crippen LogP contribution in [0.4, 0.5) is 10.5 Å². The van der Waals surface area contributed by atoms with Crippen molar-refractivity contribution in [3.8, 4) is 0 Å². The Morgan fingerprint density at radius 2 is 1.93 bits per heavy atom. The third kappa shape index (κ3) is 3.82. The molecule has 2 amide bonds. The molecule has 0 spiro atoms. The van der Waals surface area contributed by atoms with Crippen LogP contribution >= 0.6 is 11.3 Å². The zero-order valence-electron chi connectivity index (χ0n) is 15.0. The van der Waals surface area contributed by atoms with Crippen molar-refractivity contribution < 1.29 is 14.3 Å². The van der Waals surface area contributed by atoms with E-state index in [9.17, 15) is 14.4 Å². The molecule has 0 unspecified atom stereocenters. The SMILES string of the molecule is Cc1sc2nc([C@@H](C)OC(=O)c3ccc(NC(N)=O)cc3)[nH]c(=O)c2c1C. The number of fused-ring (bicyclic) bond motifs is 1. The molecular weight excluding hydrogens is 368 g/mol. The minimum Gasteiger partial charge on any atom is -0.451 e. The van der Waals surface area contributed by atoms with Crippen molar-refractivity contribution in [3.05, 3.63) is 56.4 Å². The van der Waals surface area contributed by atoms with Crippen LogP contribution in [0, 0.1) is 13.8 Å². The van der Waals surface area contributed by atoms with Crippen molar-refractivity contribution in [3.63, 3.8) is 0 Å². The molecule has 0 aliphatic carbocycles. The molecule has 2 aromatic heterocycles. The fraction of sp³-hybridized carbons (Fsp3) is 0.222. The number of hydrogen-bond acceptors (Lipinski definition) is 6. The normalized spacial score (nSPS) is 12.0. The number of aromatic amines is 1. The van der Waals surface area contributed by atoms with Crippen molar-refractivity contribution in [2.75, 3.05) is 5.32 Å². The number of nitrogens with two attached hydrogens (primary N) is 1. The lowest BCUT2D eigenvalue weighted by Gasteiger charge is -2.13. The number of aryl methyl sites for hydroxylation is 2. The molecular formula is C18H18N4O4S. The fourth-order valence-corrected chi connectivity index (χ4v) is 3.62. The summed E-state index contributed by atoms with van der Waals surface area (Å²) in [5.74, 6) is -0.288. The zero-order chi connectivity index (χ0) is 19.7. The predicted octanol–water partition coefficient (Wildman–Crippen LogP) is 3.01. The number of carbonyl (C=O) groups excluding carboxylic acids is 2. The zero-order valence-corrected chi connectivity index (χ0v) is 15.8. The van der Waals surface area contributed by atoms with Crippen molar-refractivity contribution >= 4 is 39.2 Å². The highest BCUT2D eigenvalue weighted by Gasteiger charge is 2.19. The molecule has 0 aliphatic rings. The van der Waals surface area contributed by atoms with Gasteiger partial charge in [0.1, 0.15) is 4.83 Å². The molecule has 0 saturated carbocycles. The number of primary amides is 1. The number of nitrogens with zero attached hydrogens (tertiary/aromatic N) is 1. The summed E-state index contributed by atoms with van der Waals surface area (Å²) in [6.07, 6.45) is -0.735. The molecule has 27 heavy (non-hydrogen) atoms. The molecule has 9 heteroatoms. The smallest absolute Gasteiger partial charge is 0.338 e. The van der Waals surface area contributed by atoms with Gasteiger partial charge in [-0.15, -0.1) is 11.3 Å². The molecule has 4 N–H and O–H groups in total. The van der Waals surface area contributed by atoms with E-state index in [1.165, 1.54) is 35.6 Å². The van der Waals surface area contributed by atoms with E-state index in [1.807, 2.05) is 13.8 Å². The van der Waals surface area contributed by atoms with Crippen LogP contribution in [-0.4, -0.2) is 22.0 Å². The van der Waals surface area contributed by atoms with Gasteiger partial charge < -0.3 is 20.8 Å². The van der Waals surface area contributed by atoms with E-state index in [0.29, 0.717) is 21.5 Å². The van der Waals surface area contributed by atoms with Crippen LogP contribution < -0.4 is 16.6 Å². The van der Waals surface area contributed by atoms with Gasteiger partial charge in [0.15, 0.2) is 11.9 Å². The van der Waals surface area contributed by atoms with E-state index < -0.39 is 18.1 Å². The summed E-state index contributed by atoms with van der Waals surface area (Å²) in [6.45, 7) is 5.45. The minimum absolute atomic E-state index is 0.248. The number of thiophene rings is 1. The molecule has 8 nitrogen and oxygen atoms in total. The lowest BCUT2D eigenvalue weighted by molar-refractivity contribution is 0.0320. The Labute approximate surface area is 158 Å². The summed E-state index contributed by atoms with van der Waals surface area (Å²) in [5, 5.41) is 2.97. The second-order valence-electron chi connectivity index (χ2n) is 6.03. The molecule has 1 atom stereocenters. The van der Waals surface area contributed by atoms with Gasteiger partial charge >= 0.3 is 12.0 Å². The summed E-state index contributed by atoms with van der Waals surface area (Å²) < 4.78 is 5.41. The van der Waals surface area contributed by atoms with Crippen LogP contribution in [0.25, 0.3) is 10.2 Å². The summed E-state index contributed by atoms with van der Waals surface area (Å²) >= 11 is 1.43. The highest BCUT2D eigenvalue weighted by Crippen LogP contribution is 2.27. The van der Waals surface area contributed by atoms with Crippen molar-refractivity contribution in [2.45, 2.75) is 26.9 Å². The van der Waals surface area contributed by atoms with E-state index >= 15 is 0 Å². The van der Waals surface area contributed by atoms with Gasteiger partial charge in [-0.25, -0.2) is 14.6 Å². The van der Waals surface area contributed by atoms with E-state index in [0.717, 1.165) is 10.4 Å². The Bertz CT molecular complexity index is 1090. The summed E-state index contributed by atoms with van der Waals surface area (Å²) in [4.78, 5) is 44.3. The molecule has 0 fully saturated rings. The lowest BCUT2D eigenvalue weighted by atomic mass is 10.2. The molecule has 2 heterocycles. The summed E-state index contributed by atoms with van der Waals surface area (Å²) in [7, 11) is 0. The van der Waals surface area contributed by atoms with E-state index in [1.54, 1.807) is 6.92 Å². The van der Waals surface area contributed by atoms with Crippen molar-refractivity contribution in [1.82, 2.24) is 9.97 Å². The maximum Gasteiger partial charge on any atom is 0.338 e. The number of benzene rings is 1. The number of esters is 1. The number of nitrogens with one attached hydrogen (secondary N) is 2. The number of ether oxygens (including phenoxy) is 1. The third-order valence-electron chi connectivity index (χ3n) is 4.11. The van der Waals surface area contributed by atoms with Gasteiger partial charge in [0.25, 0.3) is 5.56 Å². The Balaban J connectivity index is 1.79.